The van der Waals surface area contributed by atoms with E-state index in [1.807, 2.05) is 78.9 Å². The summed E-state index contributed by atoms with van der Waals surface area (Å²) < 4.78 is 6.03. The molecule has 2 N–H and O–H groups in total. The number of aliphatic hydroxyl groups is 1. The van der Waals surface area contributed by atoms with Crippen LogP contribution in [0.3, 0.4) is 0 Å². The number of ether oxygens (including phenoxy) is 1. The van der Waals surface area contributed by atoms with Crippen LogP contribution in [0.25, 0.3) is 10.9 Å². The molecule has 2 bridgehead atoms. The number of nitrogens with one attached hydrogen (secondary N) is 1. The Morgan fingerprint density at radius 2 is 1.60 bits per heavy atom. The maximum atomic E-state index is 14.8. The van der Waals surface area contributed by atoms with Gasteiger partial charge in [0.05, 0.1) is 25.7 Å². The third-order valence-electron chi connectivity index (χ3n) is 10.7. The smallest absolute Gasteiger partial charge is 0.276 e. The first-order chi connectivity index (χ1) is 23.0. The van der Waals surface area contributed by atoms with Crippen molar-refractivity contribution in [1.82, 2.24) is 10.3 Å². The highest BCUT2D eigenvalue weighted by Crippen LogP contribution is 2.47. The number of hydrogen-bond donors (Lipinski definition) is 2. The number of benzene rings is 4. The second-order valence-electron chi connectivity index (χ2n) is 13.2. The predicted molar refractivity (Wildman–Crippen MR) is 186 cm³/mol. The number of carbonyl (C=O) groups excluding carboxylic acids is 1. The summed E-state index contributed by atoms with van der Waals surface area (Å²) in [5.74, 6) is 1.38. The van der Waals surface area contributed by atoms with Crippen LogP contribution in [0.15, 0.2) is 134 Å². The average Bonchev–Trinajstić information content (AvgIpc) is 3.14. The van der Waals surface area contributed by atoms with Crippen molar-refractivity contribution in [3.8, 4) is 5.75 Å². The van der Waals surface area contributed by atoms with Crippen molar-refractivity contribution >= 4 is 16.8 Å². The number of pyridine rings is 1. The van der Waals surface area contributed by atoms with Crippen molar-refractivity contribution in [3.05, 3.63) is 156 Å². The van der Waals surface area contributed by atoms with Crippen LogP contribution in [0.2, 0.25) is 0 Å². The zero-order valence-corrected chi connectivity index (χ0v) is 26.8. The Morgan fingerprint density at radius 3 is 2.17 bits per heavy atom. The summed E-state index contributed by atoms with van der Waals surface area (Å²) in [6, 6.07) is 38.2. The van der Waals surface area contributed by atoms with Crippen LogP contribution in [-0.2, 0) is 10.3 Å². The summed E-state index contributed by atoms with van der Waals surface area (Å²) in [6.07, 6.45) is 4.86. The van der Waals surface area contributed by atoms with Crippen molar-refractivity contribution in [3.63, 3.8) is 0 Å². The lowest BCUT2D eigenvalue weighted by Crippen LogP contribution is -2.70. The number of fused-ring (bicyclic) bond motifs is 4. The van der Waals surface area contributed by atoms with Crippen molar-refractivity contribution in [2.24, 2.45) is 11.8 Å². The fourth-order valence-corrected chi connectivity index (χ4v) is 8.44. The van der Waals surface area contributed by atoms with Crippen LogP contribution in [0.4, 0.5) is 0 Å². The molecule has 5 aromatic rings. The molecule has 6 heteroatoms. The summed E-state index contributed by atoms with van der Waals surface area (Å²) in [7, 11) is 1.65. The van der Waals surface area contributed by atoms with Gasteiger partial charge in [-0.1, -0.05) is 97.1 Å². The molecule has 6 nitrogen and oxygen atoms in total. The van der Waals surface area contributed by atoms with Crippen LogP contribution in [0.1, 0.15) is 41.2 Å². The third kappa shape index (κ3) is 5.52. The van der Waals surface area contributed by atoms with Gasteiger partial charge in [-0.25, -0.2) is 0 Å². The first kappa shape index (κ1) is 30.9. The highest BCUT2D eigenvalue weighted by molar-refractivity contribution is 5.84. The molecule has 0 aliphatic carbocycles. The zero-order valence-electron chi connectivity index (χ0n) is 26.8. The predicted octanol–water partition coefficient (Wildman–Crippen LogP) is 6.80. The van der Waals surface area contributed by atoms with Gasteiger partial charge in [0.15, 0.2) is 6.54 Å². The Kier molecular flexibility index (Phi) is 8.39. The molecule has 1 amide bonds. The number of hydrogen-bond acceptors (Lipinski definition) is 4. The lowest BCUT2D eigenvalue weighted by Gasteiger charge is -2.57. The quantitative estimate of drug-likeness (QED) is 0.102. The minimum Gasteiger partial charge on any atom is -0.497 e. The number of aliphatic hydroxyl groups excluding tert-OH is 1. The van der Waals surface area contributed by atoms with E-state index in [-0.39, 0.29) is 24.4 Å². The topological polar surface area (TPSA) is 71.5 Å². The second-order valence-corrected chi connectivity index (χ2v) is 13.2. The zero-order chi connectivity index (χ0) is 32.4. The Hall–Kier alpha value is -4.78. The average molecular weight is 625 g/mol. The molecule has 0 saturated carbocycles. The van der Waals surface area contributed by atoms with Crippen LogP contribution in [0.5, 0.6) is 5.75 Å². The summed E-state index contributed by atoms with van der Waals surface area (Å²) in [4.78, 5) is 19.3. The van der Waals surface area contributed by atoms with Crippen LogP contribution < -0.4 is 10.1 Å². The van der Waals surface area contributed by atoms with E-state index in [2.05, 4.69) is 59.4 Å². The molecule has 4 unspecified atom stereocenters. The maximum absolute atomic E-state index is 14.8. The number of methoxy groups -OCH3 is 1. The molecule has 3 aliphatic rings. The first-order valence-corrected chi connectivity index (χ1v) is 16.5. The van der Waals surface area contributed by atoms with Gasteiger partial charge in [-0.15, -0.1) is 6.58 Å². The second kappa shape index (κ2) is 12.8. The van der Waals surface area contributed by atoms with Gasteiger partial charge in [-0.3, -0.25) is 9.78 Å². The SMILES string of the molecule is C=CC1C[N@+]2(CC(=O)NC(c3ccccc3)(c3ccccc3)c3ccccc3)CCC1CC2C(O)c1ccnc2ccc(OC)cc12. The summed E-state index contributed by atoms with van der Waals surface area (Å²) in [6.45, 7) is 6.03. The molecule has 0 radical (unpaired) electrons. The molecule has 0 spiro atoms. The van der Waals surface area contributed by atoms with E-state index < -0.39 is 11.6 Å². The van der Waals surface area contributed by atoms with Gasteiger partial charge < -0.3 is 19.6 Å². The van der Waals surface area contributed by atoms with Gasteiger partial charge in [0.1, 0.15) is 23.4 Å². The fourth-order valence-electron chi connectivity index (χ4n) is 8.44. The molecule has 4 heterocycles. The van der Waals surface area contributed by atoms with Crippen LogP contribution >= 0.6 is 0 Å². The Balaban J connectivity index is 1.30. The Bertz CT molecular complexity index is 1770. The molecule has 8 rings (SSSR count). The summed E-state index contributed by atoms with van der Waals surface area (Å²) in [5, 5.41) is 16.8. The highest BCUT2D eigenvalue weighted by Gasteiger charge is 2.55. The number of rotatable bonds is 10. The van der Waals surface area contributed by atoms with E-state index in [1.165, 1.54) is 0 Å². The number of aromatic nitrogens is 1. The first-order valence-electron chi connectivity index (χ1n) is 16.5. The van der Waals surface area contributed by atoms with E-state index in [0.29, 0.717) is 10.4 Å². The van der Waals surface area contributed by atoms with Gasteiger partial charge in [-0.05, 0) is 52.4 Å². The van der Waals surface area contributed by atoms with Crippen molar-refractivity contribution in [2.75, 3.05) is 26.7 Å². The van der Waals surface area contributed by atoms with Crippen molar-refractivity contribution in [2.45, 2.75) is 30.5 Å². The molecular formula is C41H42N3O3+. The molecular weight excluding hydrogens is 582 g/mol. The van der Waals surface area contributed by atoms with Crippen LogP contribution in [0, 0.1) is 11.8 Å². The van der Waals surface area contributed by atoms with Gasteiger partial charge in [0.25, 0.3) is 5.91 Å². The Morgan fingerprint density at radius 1 is 0.979 bits per heavy atom. The number of nitrogens with zero attached hydrogens (tertiary/aromatic N) is 2. The molecule has 238 valence electrons. The highest BCUT2D eigenvalue weighted by atomic mass is 16.5. The number of carbonyl (C=O) groups is 1. The fraction of sp³-hybridized carbons (Fsp3) is 0.268. The minimum atomic E-state index is -0.906. The standard InChI is InChI=1S/C41H41N3O3/c1-3-29-27-44(24-22-30(29)25-38(44)40(46)35-21-23-42-37-20-19-34(47-2)26-36(35)37)28-39(45)43-41(31-13-7-4-8-14-31,32-15-9-5-10-16-32)33-17-11-6-12-18-33/h3-21,23,26,29-30,38,40,46H,1,22,24-25,27-28H2,2H3/p+1/t29?,30?,38?,40?,44-/m0/s1. The molecule has 3 saturated heterocycles. The van der Waals surface area contributed by atoms with Gasteiger partial charge in [0.2, 0.25) is 0 Å². The number of amides is 1. The monoisotopic (exact) mass is 624 g/mol. The van der Waals surface area contributed by atoms with E-state index in [9.17, 15) is 9.90 Å². The normalized spacial score (nSPS) is 22.8. The molecule has 3 aliphatic heterocycles. The number of quaternary nitrogens is 1. The van der Waals surface area contributed by atoms with Crippen LogP contribution in [-0.4, -0.2) is 53.3 Å². The van der Waals surface area contributed by atoms with Crippen molar-refractivity contribution in [1.29, 1.82) is 0 Å². The van der Waals surface area contributed by atoms with E-state index in [0.717, 1.165) is 64.8 Å². The summed E-state index contributed by atoms with van der Waals surface area (Å²) >= 11 is 0. The maximum Gasteiger partial charge on any atom is 0.276 e. The van der Waals surface area contributed by atoms with Crippen molar-refractivity contribution < 1.29 is 19.1 Å². The molecule has 1 aromatic heterocycles. The van der Waals surface area contributed by atoms with Gasteiger partial charge >= 0.3 is 0 Å². The molecule has 3 fully saturated rings. The molecule has 47 heavy (non-hydrogen) atoms. The number of piperidine rings is 3. The van der Waals surface area contributed by atoms with E-state index in [1.54, 1.807) is 13.3 Å². The van der Waals surface area contributed by atoms with E-state index >= 15 is 0 Å². The molecule has 4 aromatic carbocycles. The third-order valence-corrected chi connectivity index (χ3v) is 10.7. The minimum absolute atomic E-state index is 0.0526. The molecule has 5 atom stereocenters. The van der Waals surface area contributed by atoms with Gasteiger partial charge in [0, 0.05) is 30.3 Å². The lowest BCUT2D eigenvalue weighted by molar-refractivity contribution is -0.966. The lowest BCUT2D eigenvalue weighted by atomic mass is 9.71. The summed E-state index contributed by atoms with van der Waals surface area (Å²) in [5.41, 5.74) is 3.69. The van der Waals surface area contributed by atoms with E-state index in [4.69, 9.17) is 4.74 Å². The largest absolute Gasteiger partial charge is 0.497 e. The Labute approximate surface area is 277 Å². The van der Waals surface area contributed by atoms with Gasteiger partial charge in [-0.2, -0.15) is 0 Å².